The molecule has 19 heavy (non-hydrogen) atoms. The summed E-state index contributed by atoms with van der Waals surface area (Å²) in [4.78, 5) is 0. The van der Waals surface area contributed by atoms with E-state index in [0.29, 0.717) is 5.69 Å². The first-order valence-corrected chi connectivity index (χ1v) is 6.05. The van der Waals surface area contributed by atoms with Crippen LogP contribution in [-0.2, 0) is 6.18 Å². The molecular formula is C14H13F3N2. The Morgan fingerprint density at radius 1 is 1.32 bits per heavy atom. The van der Waals surface area contributed by atoms with Crippen LogP contribution in [0.25, 0.3) is 0 Å². The fraction of sp³-hybridized carbons (Fsp3) is 0.357. The van der Waals surface area contributed by atoms with Gasteiger partial charge >= 0.3 is 6.18 Å². The molecule has 100 valence electrons. The summed E-state index contributed by atoms with van der Waals surface area (Å²) in [5, 5.41) is 11.8. The van der Waals surface area contributed by atoms with E-state index in [0.717, 1.165) is 25.3 Å². The van der Waals surface area contributed by atoms with E-state index >= 15 is 0 Å². The van der Waals surface area contributed by atoms with Crippen molar-refractivity contribution in [3.8, 4) is 6.07 Å². The minimum atomic E-state index is -4.51. The number of allylic oxidation sites excluding steroid dienone is 1. The summed E-state index contributed by atoms with van der Waals surface area (Å²) in [6.07, 6.45) is 2.42. The van der Waals surface area contributed by atoms with Gasteiger partial charge in [-0.05, 0) is 37.5 Å². The van der Waals surface area contributed by atoms with Crippen molar-refractivity contribution in [1.29, 1.82) is 5.26 Å². The first kappa shape index (κ1) is 13.5. The zero-order chi connectivity index (χ0) is 13.9. The number of halogens is 3. The highest BCUT2D eigenvalue weighted by molar-refractivity contribution is 5.54. The second-order valence-corrected chi connectivity index (χ2v) is 4.48. The molecule has 1 aromatic rings. The van der Waals surface area contributed by atoms with Crippen LogP contribution in [0.5, 0.6) is 0 Å². The molecule has 1 aromatic carbocycles. The van der Waals surface area contributed by atoms with Crippen LogP contribution in [0.4, 0.5) is 18.9 Å². The second-order valence-electron chi connectivity index (χ2n) is 4.48. The van der Waals surface area contributed by atoms with Gasteiger partial charge in [0.1, 0.15) is 0 Å². The minimum Gasteiger partial charge on any atom is -0.379 e. The fourth-order valence-electron chi connectivity index (χ4n) is 2.11. The van der Waals surface area contributed by atoms with Gasteiger partial charge in [0, 0.05) is 11.7 Å². The molecule has 0 spiro atoms. The van der Waals surface area contributed by atoms with Crippen molar-refractivity contribution >= 4 is 5.69 Å². The molecule has 0 saturated carbocycles. The van der Waals surface area contributed by atoms with Crippen molar-refractivity contribution in [3.63, 3.8) is 0 Å². The van der Waals surface area contributed by atoms with Gasteiger partial charge < -0.3 is 5.32 Å². The Hall–Kier alpha value is -1.96. The van der Waals surface area contributed by atoms with Gasteiger partial charge in [0.15, 0.2) is 0 Å². The summed E-state index contributed by atoms with van der Waals surface area (Å²) in [6, 6.07) is 5.35. The highest BCUT2D eigenvalue weighted by atomic mass is 19.4. The maximum atomic E-state index is 12.8. The monoisotopic (exact) mass is 266 g/mol. The lowest BCUT2D eigenvalue weighted by Gasteiger charge is -2.20. The van der Waals surface area contributed by atoms with Crippen LogP contribution in [0.2, 0.25) is 0 Å². The SMILES string of the molecule is N#Cc1ccc(NC2C=CCCC2)cc1C(F)(F)F. The maximum Gasteiger partial charge on any atom is 0.417 e. The molecule has 0 radical (unpaired) electrons. The van der Waals surface area contributed by atoms with Crippen molar-refractivity contribution in [2.24, 2.45) is 0 Å². The van der Waals surface area contributed by atoms with Crippen molar-refractivity contribution < 1.29 is 13.2 Å². The second kappa shape index (κ2) is 5.35. The van der Waals surface area contributed by atoms with Crippen LogP contribution in [0.15, 0.2) is 30.4 Å². The first-order chi connectivity index (χ1) is 9.00. The topological polar surface area (TPSA) is 35.8 Å². The number of nitriles is 1. The molecule has 1 unspecified atom stereocenters. The number of nitrogens with zero attached hydrogens (tertiary/aromatic N) is 1. The Bertz CT molecular complexity index is 526. The Balaban J connectivity index is 2.25. The summed E-state index contributed by atoms with van der Waals surface area (Å²) in [5.74, 6) is 0. The van der Waals surface area contributed by atoms with E-state index in [4.69, 9.17) is 5.26 Å². The van der Waals surface area contributed by atoms with Crippen LogP contribution in [-0.4, -0.2) is 6.04 Å². The molecule has 1 aliphatic carbocycles. The van der Waals surface area contributed by atoms with E-state index in [2.05, 4.69) is 5.32 Å². The zero-order valence-corrected chi connectivity index (χ0v) is 10.2. The van der Waals surface area contributed by atoms with Crippen LogP contribution in [0, 0.1) is 11.3 Å². The van der Waals surface area contributed by atoms with Gasteiger partial charge in [-0.15, -0.1) is 0 Å². The molecule has 1 aliphatic rings. The van der Waals surface area contributed by atoms with E-state index in [1.54, 1.807) is 6.07 Å². The van der Waals surface area contributed by atoms with Crippen molar-refractivity contribution in [2.75, 3.05) is 5.32 Å². The van der Waals surface area contributed by atoms with Crippen LogP contribution < -0.4 is 5.32 Å². The Labute approximate surface area is 109 Å². The molecule has 0 heterocycles. The third-order valence-electron chi connectivity index (χ3n) is 3.05. The van der Waals surface area contributed by atoms with Gasteiger partial charge in [0.05, 0.1) is 17.2 Å². The Morgan fingerprint density at radius 2 is 2.11 bits per heavy atom. The van der Waals surface area contributed by atoms with Crippen LogP contribution in [0.1, 0.15) is 30.4 Å². The maximum absolute atomic E-state index is 12.8. The number of benzene rings is 1. The number of hydrogen-bond donors (Lipinski definition) is 1. The average Bonchev–Trinajstić information content (AvgIpc) is 2.39. The van der Waals surface area contributed by atoms with Gasteiger partial charge in [0.25, 0.3) is 0 Å². The zero-order valence-electron chi connectivity index (χ0n) is 10.2. The molecule has 0 aromatic heterocycles. The molecule has 0 saturated heterocycles. The lowest BCUT2D eigenvalue weighted by atomic mass is 10.0. The molecular weight excluding hydrogens is 253 g/mol. The molecule has 0 amide bonds. The quantitative estimate of drug-likeness (QED) is 0.818. The van der Waals surface area contributed by atoms with Crippen LogP contribution >= 0.6 is 0 Å². The van der Waals surface area contributed by atoms with Gasteiger partial charge in [-0.3, -0.25) is 0 Å². The van der Waals surface area contributed by atoms with E-state index in [1.807, 2.05) is 12.2 Å². The molecule has 1 atom stereocenters. The lowest BCUT2D eigenvalue weighted by Crippen LogP contribution is -2.19. The van der Waals surface area contributed by atoms with E-state index < -0.39 is 11.7 Å². The average molecular weight is 266 g/mol. The van der Waals surface area contributed by atoms with Gasteiger partial charge in [-0.1, -0.05) is 12.2 Å². The van der Waals surface area contributed by atoms with E-state index in [-0.39, 0.29) is 11.6 Å². The standard InChI is InChI=1S/C14H13F3N2/c15-14(16,17)13-8-12(7-6-10(13)9-18)19-11-4-2-1-3-5-11/h2,4,6-8,11,19H,1,3,5H2. The third-order valence-corrected chi connectivity index (χ3v) is 3.05. The summed E-state index contributed by atoms with van der Waals surface area (Å²) in [7, 11) is 0. The Morgan fingerprint density at radius 3 is 2.68 bits per heavy atom. The van der Waals surface area contributed by atoms with E-state index in [9.17, 15) is 13.2 Å². The van der Waals surface area contributed by atoms with Gasteiger partial charge in [-0.25, -0.2) is 0 Å². The number of anilines is 1. The highest BCUT2D eigenvalue weighted by Gasteiger charge is 2.33. The molecule has 0 bridgehead atoms. The normalized spacial score (nSPS) is 18.9. The first-order valence-electron chi connectivity index (χ1n) is 6.05. The molecule has 0 aliphatic heterocycles. The molecule has 5 heteroatoms. The number of alkyl halides is 3. The predicted octanol–water partition coefficient (Wildman–Crippen LogP) is 4.10. The smallest absolute Gasteiger partial charge is 0.379 e. The lowest BCUT2D eigenvalue weighted by molar-refractivity contribution is -0.137. The fourth-order valence-corrected chi connectivity index (χ4v) is 2.11. The summed E-state index contributed by atoms with van der Waals surface area (Å²) >= 11 is 0. The number of rotatable bonds is 2. The number of hydrogen-bond acceptors (Lipinski definition) is 2. The van der Waals surface area contributed by atoms with Gasteiger partial charge in [0.2, 0.25) is 0 Å². The van der Waals surface area contributed by atoms with E-state index in [1.165, 1.54) is 12.1 Å². The van der Waals surface area contributed by atoms with Gasteiger partial charge in [-0.2, -0.15) is 18.4 Å². The molecule has 2 nitrogen and oxygen atoms in total. The third kappa shape index (κ3) is 3.28. The van der Waals surface area contributed by atoms with Crippen molar-refractivity contribution in [1.82, 2.24) is 0 Å². The summed E-state index contributed by atoms with van der Waals surface area (Å²) in [5.41, 5.74) is -0.847. The number of nitrogens with one attached hydrogen (secondary N) is 1. The minimum absolute atomic E-state index is 0.0581. The molecule has 0 fully saturated rings. The summed E-state index contributed by atoms with van der Waals surface area (Å²) < 4.78 is 38.4. The molecule has 1 N–H and O–H groups in total. The highest BCUT2D eigenvalue weighted by Crippen LogP contribution is 2.33. The summed E-state index contributed by atoms with van der Waals surface area (Å²) in [6.45, 7) is 0. The van der Waals surface area contributed by atoms with Crippen molar-refractivity contribution in [2.45, 2.75) is 31.5 Å². The van der Waals surface area contributed by atoms with Crippen molar-refractivity contribution in [3.05, 3.63) is 41.5 Å². The van der Waals surface area contributed by atoms with Crippen LogP contribution in [0.3, 0.4) is 0 Å². The largest absolute Gasteiger partial charge is 0.417 e. The molecule has 2 rings (SSSR count). The Kier molecular flexibility index (Phi) is 3.79. The predicted molar refractivity (Wildman–Crippen MR) is 66.6 cm³/mol.